The monoisotopic (exact) mass is 478 g/mol. The summed E-state index contributed by atoms with van der Waals surface area (Å²) in [6.45, 7) is 3.49. The summed E-state index contributed by atoms with van der Waals surface area (Å²) in [5, 5.41) is 2.57. The van der Waals surface area contributed by atoms with Crippen LogP contribution in [0.5, 0.6) is 0 Å². The van der Waals surface area contributed by atoms with Crippen LogP contribution in [0.1, 0.15) is 41.4 Å². The average molecular weight is 479 g/mol. The molecule has 31 heavy (non-hydrogen) atoms. The van der Waals surface area contributed by atoms with Crippen LogP contribution < -0.4 is 5.32 Å². The normalized spacial score (nSPS) is 13.5. The number of halogens is 4. The number of rotatable bonds is 7. The van der Waals surface area contributed by atoms with Crippen molar-refractivity contribution in [2.75, 3.05) is 14.2 Å². The Morgan fingerprint density at radius 2 is 1.81 bits per heavy atom. The van der Waals surface area contributed by atoms with E-state index in [-0.39, 0.29) is 27.0 Å². The minimum Gasteiger partial charge on any atom is -0.345 e. The zero-order chi connectivity index (χ0) is 23.6. The number of hydrogen-bond acceptors (Lipinski definition) is 4. The molecule has 11 heteroatoms. The molecule has 0 fully saturated rings. The second-order valence-corrected chi connectivity index (χ2v) is 9.37. The topological polar surface area (TPSA) is 75.7 Å². The smallest absolute Gasteiger partial charge is 0.345 e. The summed E-state index contributed by atoms with van der Waals surface area (Å²) in [6.07, 6.45) is -4.52. The lowest BCUT2D eigenvalue weighted by Gasteiger charge is -2.24. The van der Waals surface area contributed by atoms with Gasteiger partial charge in [0.25, 0.3) is 15.9 Å². The summed E-state index contributed by atoms with van der Waals surface area (Å²) in [5.74, 6) is -0.910. The summed E-state index contributed by atoms with van der Waals surface area (Å²) in [4.78, 5) is 17.2. The number of nitrogens with one attached hydrogen (secondary N) is 1. The maximum atomic E-state index is 13.1. The summed E-state index contributed by atoms with van der Waals surface area (Å²) in [6, 6.07) is 7.62. The van der Waals surface area contributed by atoms with Crippen molar-refractivity contribution in [3.05, 3.63) is 64.2 Å². The Kier molecular flexibility index (Phi) is 7.75. The van der Waals surface area contributed by atoms with E-state index in [0.717, 1.165) is 25.3 Å². The number of amides is 1. The predicted octanol–water partition coefficient (Wildman–Crippen LogP) is 4.67. The van der Waals surface area contributed by atoms with Crippen LogP contribution in [0.4, 0.5) is 13.2 Å². The van der Waals surface area contributed by atoms with Gasteiger partial charge in [-0.3, -0.25) is 9.63 Å². The molecule has 0 aliphatic heterocycles. The second-order valence-electron chi connectivity index (χ2n) is 7.06. The van der Waals surface area contributed by atoms with Gasteiger partial charge >= 0.3 is 6.18 Å². The third-order valence-electron chi connectivity index (χ3n) is 4.59. The molecule has 0 heterocycles. The third-order valence-corrected chi connectivity index (χ3v) is 6.75. The quantitative estimate of drug-likeness (QED) is 0.587. The lowest BCUT2D eigenvalue weighted by Crippen LogP contribution is -2.32. The van der Waals surface area contributed by atoms with Gasteiger partial charge in [-0.15, -0.1) is 0 Å². The SMILES string of the molecule is CON(C)S(=O)(=O)c1cc(C(=O)NC(c2cccc(C(F)(F)F)c2)C(C)C)ccc1Cl. The highest BCUT2D eigenvalue weighted by molar-refractivity contribution is 7.89. The standard InChI is InChI=1S/C20H22ClF3N2O4S/c1-12(2)18(13-6-5-7-15(10-13)20(22,23)24)25-19(27)14-8-9-16(21)17(11-14)31(28,29)26(3)30-4/h5-12,18H,1-4H3,(H,25,27). The van der Waals surface area contributed by atoms with Crippen LogP contribution in [0.25, 0.3) is 0 Å². The van der Waals surface area contributed by atoms with Gasteiger partial charge in [-0.1, -0.05) is 42.0 Å². The lowest BCUT2D eigenvalue weighted by molar-refractivity contribution is -0.137. The Morgan fingerprint density at radius 3 is 2.35 bits per heavy atom. The van der Waals surface area contributed by atoms with E-state index in [9.17, 15) is 26.4 Å². The van der Waals surface area contributed by atoms with Crippen LogP contribution in [-0.4, -0.2) is 33.0 Å². The average Bonchev–Trinajstić information content (AvgIpc) is 2.70. The highest BCUT2D eigenvalue weighted by Gasteiger charge is 2.32. The molecule has 0 bridgehead atoms. The van der Waals surface area contributed by atoms with Gasteiger partial charge < -0.3 is 5.32 Å². The van der Waals surface area contributed by atoms with Gasteiger partial charge in [0.2, 0.25) is 0 Å². The molecule has 2 aromatic carbocycles. The van der Waals surface area contributed by atoms with Gasteiger partial charge in [0.1, 0.15) is 4.90 Å². The molecule has 6 nitrogen and oxygen atoms in total. The zero-order valence-electron chi connectivity index (χ0n) is 17.2. The van der Waals surface area contributed by atoms with E-state index < -0.39 is 33.7 Å². The third kappa shape index (κ3) is 5.76. The van der Waals surface area contributed by atoms with Crippen LogP contribution in [-0.2, 0) is 21.0 Å². The van der Waals surface area contributed by atoms with Gasteiger partial charge in [-0.25, -0.2) is 8.42 Å². The molecule has 1 N–H and O–H groups in total. The number of alkyl halides is 3. The first-order valence-electron chi connectivity index (χ1n) is 9.09. The highest BCUT2D eigenvalue weighted by atomic mass is 35.5. The Bertz CT molecular complexity index is 1060. The maximum Gasteiger partial charge on any atom is 0.416 e. The molecule has 0 aliphatic rings. The molecule has 0 saturated carbocycles. The van der Waals surface area contributed by atoms with Crippen molar-refractivity contribution in [3.8, 4) is 0 Å². The highest BCUT2D eigenvalue weighted by Crippen LogP contribution is 2.32. The van der Waals surface area contributed by atoms with E-state index in [1.54, 1.807) is 13.8 Å². The van der Waals surface area contributed by atoms with E-state index in [0.29, 0.717) is 4.47 Å². The molecule has 1 atom stereocenters. The molecule has 1 amide bonds. The zero-order valence-corrected chi connectivity index (χ0v) is 18.8. The van der Waals surface area contributed by atoms with Crippen LogP contribution in [0, 0.1) is 5.92 Å². The molecule has 0 aliphatic carbocycles. The second kappa shape index (κ2) is 9.56. The van der Waals surface area contributed by atoms with Crippen molar-refractivity contribution in [3.63, 3.8) is 0 Å². The van der Waals surface area contributed by atoms with E-state index in [4.69, 9.17) is 16.4 Å². The predicted molar refractivity (Wildman–Crippen MR) is 110 cm³/mol. The van der Waals surface area contributed by atoms with Crippen molar-refractivity contribution in [1.29, 1.82) is 0 Å². The first-order valence-corrected chi connectivity index (χ1v) is 10.9. The first-order chi connectivity index (χ1) is 14.3. The van der Waals surface area contributed by atoms with Crippen molar-refractivity contribution < 1.29 is 31.2 Å². The summed E-state index contributed by atoms with van der Waals surface area (Å²) in [5.41, 5.74) is -0.573. The number of nitrogens with zero attached hydrogens (tertiary/aromatic N) is 1. The number of hydrogen-bond donors (Lipinski definition) is 1. The van der Waals surface area contributed by atoms with Crippen molar-refractivity contribution in [2.24, 2.45) is 5.92 Å². The van der Waals surface area contributed by atoms with E-state index >= 15 is 0 Å². The molecule has 0 spiro atoms. The molecular formula is C20H22ClF3N2O4S. The number of sulfonamides is 1. The van der Waals surface area contributed by atoms with Gasteiger partial charge in [0, 0.05) is 12.6 Å². The summed E-state index contributed by atoms with van der Waals surface area (Å²) in [7, 11) is -1.80. The molecule has 0 saturated heterocycles. The summed E-state index contributed by atoms with van der Waals surface area (Å²) < 4.78 is 64.9. The molecule has 0 aromatic heterocycles. The van der Waals surface area contributed by atoms with Crippen molar-refractivity contribution >= 4 is 27.5 Å². The number of benzene rings is 2. The Balaban J connectivity index is 2.40. The summed E-state index contributed by atoms with van der Waals surface area (Å²) >= 11 is 6.00. The fraction of sp³-hybridized carbons (Fsp3) is 0.350. The Morgan fingerprint density at radius 1 is 1.16 bits per heavy atom. The first kappa shape index (κ1) is 25.1. The molecule has 170 valence electrons. The molecule has 2 rings (SSSR count). The molecular weight excluding hydrogens is 457 g/mol. The minimum atomic E-state index is -4.52. The fourth-order valence-electron chi connectivity index (χ4n) is 2.85. The Hall–Kier alpha value is -2.14. The van der Waals surface area contributed by atoms with Crippen molar-refractivity contribution in [1.82, 2.24) is 9.79 Å². The van der Waals surface area contributed by atoms with E-state index in [2.05, 4.69) is 5.32 Å². The number of carbonyl (C=O) groups excluding carboxylic acids is 1. The van der Waals surface area contributed by atoms with E-state index in [1.165, 1.54) is 31.3 Å². The van der Waals surface area contributed by atoms with Crippen LogP contribution in [0.15, 0.2) is 47.4 Å². The molecule has 0 radical (unpaired) electrons. The number of carbonyl (C=O) groups is 1. The molecule has 1 unspecified atom stereocenters. The fourth-order valence-corrected chi connectivity index (χ4v) is 4.32. The van der Waals surface area contributed by atoms with Crippen LogP contribution >= 0.6 is 11.6 Å². The van der Waals surface area contributed by atoms with E-state index in [1.807, 2.05) is 0 Å². The largest absolute Gasteiger partial charge is 0.416 e. The minimum absolute atomic E-state index is 0.0231. The van der Waals surface area contributed by atoms with Crippen LogP contribution in [0.2, 0.25) is 5.02 Å². The van der Waals surface area contributed by atoms with Crippen LogP contribution in [0.3, 0.4) is 0 Å². The number of hydroxylamine groups is 1. The van der Waals surface area contributed by atoms with Gasteiger partial charge in [-0.05, 0) is 41.8 Å². The van der Waals surface area contributed by atoms with Gasteiger partial charge in [0.05, 0.1) is 23.7 Å². The van der Waals surface area contributed by atoms with Gasteiger partial charge in [-0.2, -0.15) is 13.2 Å². The Labute approximate surface area is 184 Å². The maximum absolute atomic E-state index is 13.1. The van der Waals surface area contributed by atoms with Crippen molar-refractivity contribution in [2.45, 2.75) is 31.0 Å². The van der Waals surface area contributed by atoms with Gasteiger partial charge in [0.15, 0.2) is 0 Å². The molecule has 2 aromatic rings. The lowest BCUT2D eigenvalue weighted by atomic mass is 9.94.